The van der Waals surface area contributed by atoms with Crippen LogP contribution in [0.15, 0.2) is 72.8 Å². The zero-order valence-corrected chi connectivity index (χ0v) is 60.0. The monoisotopic (exact) mass is 1370 g/mol. The normalized spacial score (nSPS) is 22.0. The number of hydrogen-bond acceptors (Lipinski definition) is 16. The number of aliphatic hydroxyl groups is 2. The van der Waals surface area contributed by atoms with Crippen molar-refractivity contribution in [3.05, 3.63) is 95.6 Å². The number of halogens is 2. The van der Waals surface area contributed by atoms with Gasteiger partial charge in [-0.2, -0.15) is 0 Å². The van der Waals surface area contributed by atoms with E-state index in [2.05, 4.69) is 35.8 Å². The van der Waals surface area contributed by atoms with E-state index in [-0.39, 0.29) is 84.6 Å². The molecular formula is C80H122F2N2O14. The molecule has 4 fully saturated rings. The largest absolute Gasteiger partial charge is 0.469 e. The smallest absolute Gasteiger partial charge is 0.320 e. The van der Waals surface area contributed by atoms with Crippen LogP contribution in [0.25, 0.3) is 0 Å². The highest BCUT2D eigenvalue weighted by molar-refractivity contribution is 5.77. The number of fused-ring (bicyclic) bond motifs is 4. The number of methoxy groups -OCH3 is 2. The summed E-state index contributed by atoms with van der Waals surface area (Å²) in [5.74, 6) is -3.56. The summed E-state index contributed by atoms with van der Waals surface area (Å²) in [6.45, 7) is 5.25. The summed E-state index contributed by atoms with van der Waals surface area (Å²) in [5.41, 5.74) is 1.80. The first-order valence-corrected chi connectivity index (χ1v) is 38.2. The molecule has 18 heteroatoms. The fraction of sp³-hybridized carbons (Fsp3) is 0.725. The van der Waals surface area contributed by atoms with E-state index in [0.717, 1.165) is 204 Å². The van der Waals surface area contributed by atoms with Gasteiger partial charge >= 0.3 is 35.8 Å². The molecule has 0 aliphatic carbocycles. The van der Waals surface area contributed by atoms with Crippen LogP contribution in [0.3, 0.4) is 0 Å². The minimum atomic E-state index is -0.824. The van der Waals surface area contributed by atoms with Gasteiger partial charge in [-0.25, -0.2) is 8.78 Å². The lowest BCUT2D eigenvalue weighted by molar-refractivity contribution is -0.161. The maximum Gasteiger partial charge on any atom is 0.320 e. The van der Waals surface area contributed by atoms with E-state index in [1.54, 1.807) is 24.3 Å². The van der Waals surface area contributed by atoms with Crippen LogP contribution in [-0.2, 0) is 57.2 Å². The van der Waals surface area contributed by atoms with Crippen LogP contribution in [0.2, 0.25) is 0 Å². The second kappa shape index (κ2) is 46.8. The van der Waals surface area contributed by atoms with Crippen molar-refractivity contribution in [1.82, 2.24) is 9.80 Å². The highest BCUT2D eigenvalue weighted by Gasteiger charge is 2.53. The van der Waals surface area contributed by atoms with Crippen LogP contribution in [0.1, 0.15) is 281 Å². The fourth-order valence-corrected chi connectivity index (χ4v) is 15.6. The Morgan fingerprint density at radius 2 is 0.816 bits per heavy atom. The number of ether oxygens (including phenoxy) is 6. The van der Waals surface area contributed by atoms with Crippen molar-refractivity contribution >= 4 is 35.8 Å². The molecule has 16 nitrogen and oxygen atoms in total. The van der Waals surface area contributed by atoms with E-state index in [4.69, 9.17) is 28.4 Å². The highest BCUT2D eigenvalue weighted by atomic mass is 19.1. The van der Waals surface area contributed by atoms with Gasteiger partial charge in [0.05, 0.1) is 64.6 Å². The lowest BCUT2D eigenvalue weighted by Crippen LogP contribution is -2.53. The second-order valence-corrected chi connectivity index (χ2v) is 28.3. The fourth-order valence-electron chi connectivity index (χ4n) is 15.6. The number of esters is 6. The van der Waals surface area contributed by atoms with Crippen molar-refractivity contribution in [3.63, 3.8) is 0 Å². The lowest BCUT2D eigenvalue weighted by atomic mass is 9.76. The number of unbranched alkanes of at least 4 members (excludes halogenated alkanes) is 21. The van der Waals surface area contributed by atoms with Crippen LogP contribution < -0.4 is 0 Å². The van der Waals surface area contributed by atoms with E-state index in [0.29, 0.717) is 64.6 Å². The van der Waals surface area contributed by atoms with Gasteiger partial charge < -0.3 is 38.6 Å². The van der Waals surface area contributed by atoms with Crippen molar-refractivity contribution in [2.45, 2.75) is 318 Å². The maximum atomic E-state index is 13.8. The summed E-state index contributed by atoms with van der Waals surface area (Å²) in [5, 5.41) is 22.5. The predicted molar refractivity (Wildman–Crippen MR) is 377 cm³/mol. The first kappa shape index (κ1) is 81.4. The predicted octanol–water partition coefficient (Wildman–Crippen LogP) is 16.2. The Kier molecular flexibility index (Phi) is 38.9. The van der Waals surface area contributed by atoms with E-state index >= 15 is 0 Å². The highest BCUT2D eigenvalue weighted by Crippen LogP contribution is 2.49. The van der Waals surface area contributed by atoms with Gasteiger partial charge in [0.2, 0.25) is 0 Å². The van der Waals surface area contributed by atoms with Gasteiger partial charge in [-0.05, 0) is 164 Å². The first-order valence-electron chi connectivity index (χ1n) is 38.2. The van der Waals surface area contributed by atoms with Crippen molar-refractivity contribution in [3.8, 4) is 0 Å². The van der Waals surface area contributed by atoms with Crippen molar-refractivity contribution in [2.75, 3.05) is 40.5 Å². The number of nitrogens with zero attached hydrogens (tertiary/aromatic N) is 2. The minimum Gasteiger partial charge on any atom is -0.469 e. The molecule has 4 bridgehead atoms. The average Bonchev–Trinajstić information content (AvgIpc) is 1.57. The maximum absolute atomic E-state index is 13.8. The Balaban J connectivity index is 0.695. The topological polar surface area (TPSA) is 205 Å². The summed E-state index contributed by atoms with van der Waals surface area (Å²) in [6, 6.07) is 12.4. The summed E-state index contributed by atoms with van der Waals surface area (Å²) < 4.78 is 61.1. The quantitative estimate of drug-likeness (QED) is 0.0273. The zero-order chi connectivity index (χ0) is 70.3. The SMILES string of the molecule is CCCCCC(OC(=O)CN1C2CCC1C(C(=O)OC)[C@@H](c1ccc(F)cc1)C2)C(O)CC=CCCCCCCCC(=O)OCCCCCCCCCCOC(=O)CCCCCCCC=CCC(O)C(CCCCC)OC(=O)CN1C2CCC1C(C(=O)OC)[C@H](c1ccc(F)cc1)C2. The molecule has 2 aromatic carbocycles. The molecule has 12 atom stereocenters. The van der Waals surface area contributed by atoms with Gasteiger partial charge in [-0.15, -0.1) is 0 Å². The second-order valence-electron chi connectivity index (χ2n) is 28.3. The molecule has 4 heterocycles. The number of allylic oxidation sites excluding steroid dienone is 2. The van der Waals surface area contributed by atoms with Crippen molar-refractivity contribution in [2.24, 2.45) is 11.8 Å². The molecule has 550 valence electrons. The molecule has 10 unspecified atom stereocenters. The zero-order valence-electron chi connectivity index (χ0n) is 60.0. The molecule has 0 amide bonds. The number of carbonyl (C=O) groups is 6. The number of hydrogen-bond donors (Lipinski definition) is 2. The van der Waals surface area contributed by atoms with Crippen LogP contribution in [0, 0.1) is 23.5 Å². The third kappa shape index (κ3) is 28.5. The molecule has 2 N–H and O–H groups in total. The molecule has 2 aromatic rings. The molecule has 0 spiro atoms. The third-order valence-electron chi connectivity index (χ3n) is 21.1. The molecule has 4 aliphatic heterocycles. The van der Waals surface area contributed by atoms with E-state index in [9.17, 15) is 47.8 Å². The molecule has 6 rings (SSSR count). The Labute approximate surface area is 585 Å². The molecule has 98 heavy (non-hydrogen) atoms. The number of rotatable bonds is 51. The van der Waals surface area contributed by atoms with Crippen LogP contribution in [0.5, 0.6) is 0 Å². The molecule has 0 radical (unpaired) electrons. The van der Waals surface area contributed by atoms with Crippen LogP contribution >= 0.6 is 0 Å². The summed E-state index contributed by atoms with van der Waals surface area (Å²) in [7, 11) is 2.77. The van der Waals surface area contributed by atoms with Gasteiger partial charge in [0.25, 0.3) is 0 Å². The summed E-state index contributed by atoms with van der Waals surface area (Å²) in [6.07, 6.45) is 38.2. The van der Waals surface area contributed by atoms with Crippen molar-refractivity contribution < 1.29 is 76.2 Å². The van der Waals surface area contributed by atoms with E-state index < -0.39 is 48.2 Å². The van der Waals surface area contributed by atoms with Gasteiger partial charge in [-0.1, -0.05) is 165 Å². The standard InChI is InChI=1S/C80H122F2N2O14/c1-5-7-27-37-71(97-75(89)57-83-63-49-51-67(83)77(79(91)93-3)65(55-63)59-41-45-61(81)46-42-59)69(85)35-29-21-15-9-11-17-23-31-39-73(87)95-53-33-25-19-13-14-20-26-34-54-96-74(88)40-32-24-18-12-10-16-22-30-36-70(86)72(38-28-8-6-2)98-76(90)58-84-64-50-52-68(84)78(80(92)94-4)66(56-64)60-43-47-62(82)48-44-60/h21-22,29-30,41-48,63-72,77-78,85-86H,5-20,23-28,31-40,49-58H2,1-4H3/t63?,64?,65-,66+,67?,68?,69?,70?,71?,72?,77?,78?. The number of benzene rings is 2. The molecular weight excluding hydrogens is 1250 g/mol. The Morgan fingerprint density at radius 3 is 1.18 bits per heavy atom. The molecule has 4 saturated heterocycles. The summed E-state index contributed by atoms with van der Waals surface area (Å²) in [4.78, 5) is 82.3. The number of aliphatic hydroxyl groups excluding tert-OH is 2. The number of carbonyl (C=O) groups excluding carboxylic acids is 6. The van der Waals surface area contributed by atoms with Gasteiger partial charge in [0.1, 0.15) is 23.8 Å². The average molecular weight is 1370 g/mol. The third-order valence-corrected chi connectivity index (χ3v) is 21.1. The van der Waals surface area contributed by atoms with E-state index in [1.807, 2.05) is 12.2 Å². The summed E-state index contributed by atoms with van der Waals surface area (Å²) >= 11 is 0. The van der Waals surface area contributed by atoms with Gasteiger partial charge in [0.15, 0.2) is 0 Å². The van der Waals surface area contributed by atoms with Gasteiger partial charge in [-0.3, -0.25) is 38.6 Å². The molecule has 4 aliphatic rings. The Bertz CT molecular complexity index is 2500. The Hall–Kier alpha value is -5.56. The van der Waals surface area contributed by atoms with Gasteiger partial charge in [0, 0.05) is 48.8 Å². The molecule has 0 aromatic heterocycles. The first-order chi connectivity index (χ1) is 47.6. The van der Waals surface area contributed by atoms with E-state index in [1.165, 1.54) is 38.5 Å². The Morgan fingerprint density at radius 1 is 0.459 bits per heavy atom. The molecule has 0 saturated carbocycles. The van der Waals surface area contributed by atoms with Crippen LogP contribution in [0.4, 0.5) is 8.78 Å². The van der Waals surface area contributed by atoms with Crippen LogP contribution in [-0.4, -0.2) is 145 Å². The number of piperidine rings is 2. The lowest BCUT2D eigenvalue weighted by Gasteiger charge is -2.43. The minimum absolute atomic E-state index is 0.0396. The van der Waals surface area contributed by atoms with Crippen molar-refractivity contribution in [1.29, 1.82) is 0 Å².